The summed E-state index contributed by atoms with van der Waals surface area (Å²) in [7, 11) is 0. The molecular weight excluding hydrogens is 428 g/mol. The molecule has 0 unspecified atom stereocenters. The molecular formula is C25H25F2N3O3. The van der Waals surface area contributed by atoms with Crippen LogP contribution in [0.2, 0.25) is 0 Å². The zero-order valence-corrected chi connectivity index (χ0v) is 18.7. The molecule has 1 N–H and O–H groups in total. The van der Waals surface area contributed by atoms with E-state index in [1.165, 1.54) is 47.5 Å². The van der Waals surface area contributed by atoms with E-state index in [1.54, 1.807) is 32.9 Å². The smallest absolute Gasteiger partial charge is 0.251 e. The number of benzene rings is 2. The van der Waals surface area contributed by atoms with Gasteiger partial charge in [0.05, 0.1) is 0 Å². The molecule has 0 spiro atoms. The molecule has 0 saturated heterocycles. The highest BCUT2D eigenvalue weighted by Crippen LogP contribution is 2.20. The normalized spacial score (nSPS) is 14.1. The van der Waals surface area contributed by atoms with E-state index in [1.807, 2.05) is 0 Å². The summed E-state index contributed by atoms with van der Waals surface area (Å²) in [4.78, 5) is 29.7. The SMILES string of the molecule is CCNC(=O)c1ccc(CN2CC(/C=C\N=C(/C)Oc3ccc(C)cc3F)=CC2=O)c(F)c1. The number of hydrogen-bond donors (Lipinski definition) is 1. The zero-order valence-electron chi connectivity index (χ0n) is 18.7. The summed E-state index contributed by atoms with van der Waals surface area (Å²) in [6.45, 7) is 5.97. The van der Waals surface area contributed by atoms with E-state index in [0.29, 0.717) is 17.7 Å². The summed E-state index contributed by atoms with van der Waals surface area (Å²) in [5.41, 5.74) is 2.03. The Morgan fingerprint density at radius 3 is 2.70 bits per heavy atom. The molecule has 0 fully saturated rings. The molecule has 33 heavy (non-hydrogen) atoms. The maximum absolute atomic E-state index is 14.4. The predicted octanol–water partition coefficient (Wildman–Crippen LogP) is 4.30. The highest BCUT2D eigenvalue weighted by Gasteiger charge is 2.21. The lowest BCUT2D eigenvalue weighted by atomic mass is 10.1. The molecule has 2 amide bonds. The number of carbonyl (C=O) groups excluding carboxylic acids is 2. The van der Waals surface area contributed by atoms with Gasteiger partial charge in [0, 0.05) is 50.0 Å². The number of halogens is 2. The Bertz CT molecular complexity index is 1160. The van der Waals surface area contributed by atoms with Crippen LogP contribution in [0.4, 0.5) is 8.78 Å². The van der Waals surface area contributed by atoms with Crippen LogP contribution in [0.25, 0.3) is 0 Å². The second-order valence-corrected chi connectivity index (χ2v) is 7.58. The van der Waals surface area contributed by atoms with Gasteiger partial charge in [-0.2, -0.15) is 0 Å². The number of carbonyl (C=O) groups is 2. The Morgan fingerprint density at radius 1 is 1.21 bits per heavy atom. The molecule has 6 nitrogen and oxygen atoms in total. The largest absolute Gasteiger partial charge is 0.440 e. The standard InChI is InChI=1S/C25H25F2N3O3/c1-4-28-25(32)19-6-7-20(21(26)13-19)15-30-14-18(12-24(30)31)9-10-29-17(3)33-23-8-5-16(2)11-22(23)27/h5-13H,4,14-15H2,1-3H3,(H,28,32)/b10-9-,29-17+. The Morgan fingerprint density at radius 2 is 2.00 bits per heavy atom. The van der Waals surface area contributed by atoms with E-state index >= 15 is 0 Å². The summed E-state index contributed by atoms with van der Waals surface area (Å²) < 4.78 is 33.7. The van der Waals surface area contributed by atoms with Crippen LogP contribution in [-0.2, 0) is 11.3 Å². The first-order valence-electron chi connectivity index (χ1n) is 10.5. The quantitative estimate of drug-likeness (QED) is 0.502. The van der Waals surface area contributed by atoms with Crippen molar-refractivity contribution < 1.29 is 23.1 Å². The van der Waals surface area contributed by atoms with Crippen molar-refractivity contribution in [3.8, 4) is 5.75 Å². The number of aryl methyl sites for hydroxylation is 1. The van der Waals surface area contributed by atoms with Gasteiger partial charge in [-0.25, -0.2) is 13.8 Å². The maximum atomic E-state index is 14.4. The van der Waals surface area contributed by atoms with Crippen LogP contribution in [0, 0.1) is 18.6 Å². The van der Waals surface area contributed by atoms with Crippen LogP contribution in [0.15, 0.2) is 65.3 Å². The Labute approximate surface area is 191 Å². The van der Waals surface area contributed by atoms with Crippen molar-refractivity contribution in [1.29, 1.82) is 0 Å². The number of nitrogens with one attached hydrogen (secondary N) is 1. The number of ether oxygens (including phenoxy) is 1. The van der Waals surface area contributed by atoms with E-state index in [0.717, 1.165) is 5.56 Å². The molecule has 0 aromatic heterocycles. The first-order valence-corrected chi connectivity index (χ1v) is 10.5. The number of aliphatic imine (C=N–C) groups is 1. The van der Waals surface area contributed by atoms with Crippen LogP contribution in [0.3, 0.4) is 0 Å². The Hall–Kier alpha value is -3.81. The lowest BCUT2D eigenvalue weighted by Gasteiger charge is -2.17. The molecule has 0 aliphatic carbocycles. The molecule has 0 radical (unpaired) electrons. The minimum Gasteiger partial charge on any atom is -0.440 e. The third-order valence-electron chi connectivity index (χ3n) is 4.90. The lowest BCUT2D eigenvalue weighted by molar-refractivity contribution is -0.125. The molecule has 0 saturated carbocycles. The molecule has 0 bridgehead atoms. The fourth-order valence-electron chi connectivity index (χ4n) is 3.23. The van der Waals surface area contributed by atoms with Gasteiger partial charge in [0.2, 0.25) is 5.91 Å². The molecule has 1 aliphatic rings. The summed E-state index contributed by atoms with van der Waals surface area (Å²) >= 11 is 0. The van der Waals surface area contributed by atoms with Gasteiger partial charge in [-0.05, 0) is 55.3 Å². The van der Waals surface area contributed by atoms with Gasteiger partial charge in [-0.15, -0.1) is 0 Å². The van der Waals surface area contributed by atoms with Crippen LogP contribution < -0.4 is 10.1 Å². The lowest BCUT2D eigenvalue weighted by Crippen LogP contribution is -2.26. The predicted molar refractivity (Wildman–Crippen MR) is 122 cm³/mol. The number of rotatable bonds is 7. The van der Waals surface area contributed by atoms with Gasteiger partial charge < -0.3 is 15.0 Å². The molecule has 172 valence electrons. The van der Waals surface area contributed by atoms with E-state index in [9.17, 15) is 18.4 Å². The molecule has 3 rings (SSSR count). The highest BCUT2D eigenvalue weighted by molar-refractivity contribution is 5.94. The first-order chi connectivity index (χ1) is 15.8. The molecule has 8 heteroatoms. The number of amides is 2. The van der Waals surface area contributed by atoms with E-state index < -0.39 is 11.6 Å². The fourth-order valence-corrected chi connectivity index (χ4v) is 3.23. The second-order valence-electron chi connectivity index (χ2n) is 7.58. The van der Waals surface area contributed by atoms with Crippen molar-refractivity contribution in [3.05, 3.63) is 88.6 Å². The van der Waals surface area contributed by atoms with Crippen molar-refractivity contribution in [2.75, 3.05) is 13.1 Å². The topological polar surface area (TPSA) is 71.0 Å². The Balaban J connectivity index is 1.58. The van der Waals surface area contributed by atoms with Crippen molar-refractivity contribution in [2.45, 2.75) is 27.3 Å². The van der Waals surface area contributed by atoms with Crippen molar-refractivity contribution in [1.82, 2.24) is 10.2 Å². The van der Waals surface area contributed by atoms with Gasteiger partial charge in [-0.3, -0.25) is 9.59 Å². The van der Waals surface area contributed by atoms with Gasteiger partial charge in [0.25, 0.3) is 5.91 Å². The Kier molecular flexibility index (Phi) is 7.71. The molecule has 0 atom stereocenters. The fraction of sp³-hybridized carbons (Fsp3) is 0.240. The van der Waals surface area contributed by atoms with Crippen LogP contribution in [0.5, 0.6) is 5.75 Å². The third kappa shape index (κ3) is 6.35. The van der Waals surface area contributed by atoms with E-state index in [2.05, 4.69) is 10.3 Å². The van der Waals surface area contributed by atoms with Crippen molar-refractivity contribution >= 4 is 17.7 Å². The average molecular weight is 453 g/mol. The minimum absolute atomic E-state index is 0.0757. The highest BCUT2D eigenvalue weighted by atomic mass is 19.1. The van der Waals surface area contributed by atoms with Crippen molar-refractivity contribution in [3.63, 3.8) is 0 Å². The van der Waals surface area contributed by atoms with Crippen LogP contribution in [-0.4, -0.2) is 35.7 Å². The zero-order chi connectivity index (χ0) is 24.0. The van der Waals surface area contributed by atoms with Gasteiger partial charge in [0.1, 0.15) is 5.82 Å². The van der Waals surface area contributed by atoms with Gasteiger partial charge in [0.15, 0.2) is 17.5 Å². The van der Waals surface area contributed by atoms with Crippen LogP contribution >= 0.6 is 0 Å². The summed E-state index contributed by atoms with van der Waals surface area (Å²) in [6.07, 6.45) is 4.55. The summed E-state index contributed by atoms with van der Waals surface area (Å²) in [6, 6.07) is 8.86. The van der Waals surface area contributed by atoms with Crippen LogP contribution in [0.1, 0.15) is 35.3 Å². The van der Waals surface area contributed by atoms with Gasteiger partial charge >= 0.3 is 0 Å². The average Bonchev–Trinajstić information content (AvgIpc) is 3.10. The first kappa shape index (κ1) is 23.8. The maximum Gasteiger partial charge on any atom is 0.251 e. The third-order valence-corrected chi connectivity index (χ3v) is 4.90. The number of hydrogen-bond acceptors (Lipinski definition) is 4. The van der Waals surface area contributed by atoms with Crippen molar-refractivity contribution in [2.24, 2.45) is 4.99 Å². The molecule has 2 aromatic carbocycles. The van der Waals surface area contributed by atoms with Gasteiger partial charge in [-0.1, -0.05) is 12.1 Å². The summed E-state index contributed by atoms with van der Waals surface area (Å²) in [5.74, 6) is -1.29. The monoisotopic (exact) mass is 453 g/mol. The molecule has 1 heterocycles. The second kappa shape index (κ2) is 10.7. The summed E-state index contributed by atoms with van der Waals surface area (Å²) in [5, 5.41) is 2.62. The van der Waals surface area contributed by atoms with E-state index in [-0.39, 0.29) is 42.1 Å². The molecule has 1 aliphatic heterocycles. The minimum atomic E-state index is -0.545. The number of nitrogens with zero attached hydrogens (tertiary/aromatic N) is 2. The van der Waals surface area contributed by atoms with E-state index in [4.69, 9.17) is 4.74 Å². The molecule has 2 aromatic rings.